The first-order valence-corrected chi connectivity index (χ1v) is 6.79. The Morgan fingerprint density at radius 1 is 1.28 bits per heavy atom. The van der Waals surface area contributed by atoms with E-state index >= 15 is 0 Å². The van der Waals surface area contributed by atoms with E-state index < -0.39 is 0 Å². The second-order valence-electron chi connectivity index (χ2n) is 4.05. The first kappa shape index (κ1) is 14.6. The predicted octanol–water partition coefficient (Wildman–Crippen LogP) is 3.62. The molecule has 0 unspecified atom stereocenters. The molecule has 0 aliphatic carbocycles. The first-order chi connectivity index (χ1) is 8.81. The molecule has 1 aromatic carbocycles. The number of hydrogen-bond acceptors (Lipinski definition) is 2. The molecule has 0 aromatic heterocycles. The van der Waals surface area contributed by atoms with E-state index in [1.807, 2.05) is 32.9 Å². The summed E-state index contributed by atoms with van der Waals surface area (Å²) in [6, 6.07) is 8.27. The van der Waals surface area contributed by atoms with Crippen LogP contribution in [0.4, 0.5) is 4.79 Å². The second-order valence-corrected chi connectivity index (χ2v) is 4.05. The maximum atomic E-state index is 11.7. The molecular weight excluding hydrogens is 226 g/mol. The number of rotatable bonds is 2. The van der Waals surface area contributed by atoms with Gasteiger partial charge in [-0.05, 0) is 24.0 Å². The lowest BCUT2D eigenvalue weighted by atomic mass is 10.0. The highest BCUT2D eigenvalue weighted by molar-refractivity contribution is 5.68. The molecule has 100 valence electrons. The van der Waals surface area contributed by atoms with Gasteiger partial charge in [0.05, 0.1) is 6.61 Å². The molecule has 0 fully saturated rings. The SMILES string of the molecule is CC.CCCOC(=O)N1CCc2ccccc2C1. The maximum Gasteiger partial charge on any atom is 0.410 e. The molecule has 0 spiro atoms. The Labute approximate surface area is 110 Å². The highest BCUT2D eigenvalue weighted by Crippen LogP contribution is 2.18. The summed E-state index contributed by atoms with van der Waals surface area (Å²) < 4.78 is 5.13. The highest BCUT2D eigenvalue weighted by atomic mass is 16.6. The lowest BCUT2D eigenvalue weighted by Gasteiger charge is -2.27. The number of ether oxygens (including phenoxy) is 1. The molecule has 0 bridgehead atoms. The molecule has 18 heavy (non-hydrogen) atoms. The van der Waals surface area contributed by atoms with E-state index in [2.05, 4.69) is 12.1 Å². The number of hydrogen-bond donors (Lipinski definition) is 0. The molecular formula is C15H23NO2. The van der Waals surface area contributed by atoms with Crippen LogP contribution in [0.15, 0.2) is 24.3 Å². The molecule has 1 amide bonds. The standard InChI is InChI=1S/C13H17NO2.C2H6/c1-2-9-16-13(15)14-8-7-11-5-3-4-6-12(11)10-14;1-2/h3-6H,2,7-10H2,1H3;1-2H3. The number of amides is 1. The predicted molar refractivity (Wildman–Crippen MR) is 73.5 cm³/mol. The fourth-order valence-electron chi connectivity index (χ4n) is 1.93. The lowest BCUT2D eigenvalue weighted by molar-refractivity contribution is 0.0979. The van der Waals surface area contributed by atoms with E-state index in [1.54, 1.807) is 4.90 Å². The van der Waals surface area contributed by atoms with Crippen molar-refractivity contribution in [1.29, 1.82) is 0 Å². The number of benzene rings is 1. The normalized spacial score (nSPS) is 13.2. The minimum atomic E-state index is -0.184. The van der Waals surface area contributed by atoms with Gasteiger partial charge in [-0.3, -0.25) is 0 Å². The molecule has 1 aliphatic heterocycles. The Morgan fingerprint density at radius 3 is 2.61 bits per heavy atom. The van der Waals surface area contributed by atoms with Crippen LogP contribution in [0.25, 0.3) is 0 Å². The zero-order valence-electron chi connectivity index (χ0n) is 11.6. The molecule has 2 rings (SSSR count). The van der Waals surface area contributed by atoms with E-state index in [-0.39, 0.29) is 6.09 Å². The molecule has 1 aliphatic rings. The highest BCUT2D eigenvalue weighted by Gasteiger charge is 2.20. The molecule has 0 N–H and O–H groups in total. The largest absolute Gasteiger partial charge is 0.449 e. The lowest BCUT2D eigenvalue weighted by Crippen LogP contribution is -2.36. The third-order valence-corrected chi connectivity index (χ3v) is 2.82. The summed E-state index contributed by atoms with van der Waals surface area (Å²) in [7, 11) is 0. The monoisotopic (exact) mass is 249 g/mol. The van der Waals surface area contributed by atoms with Crippen LogP contribution >= 0.6 is 0 Å². The summed E-state index contributed by atoms with van der Waals surface area (Å²) in [5.74, 6) is 0. The van der Waals surface area contributed by atoms with Gasteiger partial charge in [0.2, 0.25) is 0 Å². The quantitative estimate of drug-likeness (QED) is 0.801. The van der Waals surface area contributed by atoms with E-state index in [9.17, 15) is 4.79 Å². The topological polar surface area (TPSA) is 29.5 Å². The van der Waals surface area contributed by atoms with Crippen molar-refractivity contribution in [2.24, 2.45) is 0 Å². The maximum absolute atomic E-state index is 11.7. The molecule has 0 atom stereocenters. The number of fused-ring (bicyclic) bond motifs is 1. The van der Waals surface area contributed by atoms with Crippen LogP contribution in [0.2, 0.25) is 0 Å². The fourth-order valence-corrected chi connectivity index (χ4v) is 1.93. The zero-order chi connectivity index (χ0) is 13.4. The van der Waals surface area contributed by atoms with Crippen LogP contribution < -0.4 is 0 Å². The Balaban J connectivity index is 0.000000771. The van der Waals surface area contributed by atoms with Crippen molar-refractivity contribution >= 4 is 6.09 Å². The van der Waals surface area contributed by atoms with Crippen molar-refractivity contribution in [3.63, 3.8) is 0 Å². The van der Waals surface area contributed by atoms with Crippen molar-refractivity contribution in [2.45, 2.75) is 40.2 Å². The smallest absolute Gasteiger partial charge is 0.410 e. The number of nitrogens with zero attached hydrogens (tertiary/aromatic N) is 1. The zero-order valence-corrected chi connectivity index (χ0v) is 11.6. The van der Waals surface area contributed by atoms with Gasteiger partial charge in [0, 0.05) is 13.1 Å². The van der Waals surface area contributed by atoms with Gasteiger partial charge in [-0.25, -0.2) is 4.79 Å². The molecule has 0 saturated carbocycles. The van der Waals surface area contributed by atoms with Crippen molar-refractivity contribution < 1.29 is 9.53 Å². The second kappa shape index (κ2) is 7.75. The number of carbonyl (C=O) groups excluding carboxylic acids is 1. The van der Waals surface area contributed by atoms with E-state index in [0.29, 0.717) is 13.2 Å². The molecule has 3 heteroatoms. The summed E-state index contributed by atoms with van der Waals surface area (Å²) in [5.41, 5.74) is 2.59. The minimum Gasteiger partial charge on any atom is -0.449 e. The molecule has 0 radical (unpaired) electrons. The average Bonchev–Trinajstić information content (AvgIpc) is 2.46. The van der Waals surface area contributed by atoms with Gasteiger partial charge in [-0.2, -0.15) is 0 Å². The van der Waals surface area contributed by atoms with Crippen LogP contribution in [0.5, 0.6) is 0 Å². The van der Waals surface area contributed by atoms with Crippen LogP contribution in [0, 0.1) is 0 Å². The van der Waals surface area contributed by atoms with Crippen molar-refractivity contribution in [1.82, 2.24) is 4.90 Å². The van der Waals surface area contributed by atoms with Crippen LogP contribution in [-0.4, -0.2) is 24.1 Å². The van der Waals surface area contributed by atoms with Gasteiger partial charge in [-0.1, -0.05) is 45.0 Å². The van der Waals surface area contributed by atoms with E-state index in [1.165, 1.54) is 11.1 Å². The van der Waals surface area contributed by atoms with Gasteiger partial charge >= 0.3 is 6.09 Å². The van der Waals surface area contributed by atoms with E-state index in [0.717, 1.165) is 19.4 Å². The summed E-state index contributed by atoms with van der Waals surface area (Å²) in [5, 5.41) is 0. The van der Waals surface area contributed by atoms with Gasteiger partial charge in [0.1, 0.15) is 0 Å². The van der Waals surface area contributed by atoms with Crippen LogP contribution in [0.3, 0.4) is 0 Å². The first-order valence-electron chi connectivity index (χ1n) is 6.79. The van der Waals surface area contributed by atoms with Gasteiger partial charge in [-0.15, -0.1) is 0 Å². The summed E-state index contributed by atoms with van der Waals surface area (Å²) >= 11 is 0. The minimum absolute atomic E-state index is 0.184. The summed E-state index contributed by atoms with van der Waals surface area (Å²) in [6.45, 7) is 7.95. The van der Waals surface area contributed by atoms with Crippen LogP contribution in [-0.2, 0) is 17.7 Å². The van der Waals surface area contributed by atoms with Crippen molar-refractivity contribution in [3.05, 3.63) is 35.4 Å². The summed E-state index contributed by atoms with van der Waals surface area (Å²) in [4.78, 5) is 13.4. The molecule has 0 saturated heterocycles. The van der Waals surface area contributed by atoms with E-state index in [4.69, 9.17) is 4.74 Å². The third kappa shape index (κ3) is 3.76. The average molecular weight is 249 g/mol. The fraction of sp³-hybridized carbons (Fsp3) is 0.533. The molecule has 1 aromatic rings. The van der Waals surface area contributed by atoms with Gasteiger partial charge in [0.25, 0.3) is 0 Å². The number of carbonyl (C=O) groups is 1. The Hall–Kier alpha value is -1.51. The Bertz CT molecular complexity index is 377. The van der Waals surface area contributed by atoms with Crippen molar-refractivity contribution in [2.75, 3.05) is 13.2 Å². The molecule has 3 nitrogen and oxygen atoms in total. The van der Waals surface area contributed by atoms with Crippen molar-refractivity contribution in [3.8, 4) is 0 Å². The van der Waals surface area contributed by atoms with Gasteiger partial charge in [0.15, 0.2) is 0 Å². The third-order valence-electron chi connectivity index (χ3n) is 2.82. The summed E-state index contributed by atoms with van der Waals surface area (Å²) in [6.07, 6.45) is 1.62. The Kier molecular flexibility index (Phi) is 6.26. The molecule has 1 heterocycles. The Morgan fingerprint density at radius 2 is 1.94 bits per heavy atom. The van der Waals surface area contributed by atoms with Crippen LogP contribution in [0.1, 0.15) is 38.3 Å². The van der Waals surface area contributed by atoms with Gasteiger partial charge < -0.3 is 9.64 Å².